The maximum atomic E-state index is 10.7. The molecule has 3 nitrogen and oxygen atoms in total. The van der Waals surface area contributed by atoms with Crippen molar-refractivity contribution in [2.45, 2.75) is 44.4 Å². The number of rotatable bonds is 3. The Bertz CT molecular complexity index is 342. The van der Waals surface area contributed by atoms with Gasteiger partial charge in [-0.3, -0.25) is 4.79 Å². The first-order valence-corrected chi connectivity index (χ1v) is 6.29. The van der Waals surface area contributed by atoms with Gasteiger partial charge in [0.2, 0.25) is 0 Å². The van der Waals surface area contributed by atoms with E-state index in [9.17, 15) is 4.79 Å². The molecule has 0 unspecified atom stereocenters. The van der Waals surface area contributed by atoms with Gasteiger partial charge in [0.1, 0.15) is 0 Å². The first kappa shape index (κ1) is 10.6. The fraction of sp³-hybridized carbons (Fsp3) is 0.636. The summed E-state index contributed by atoms with van der Waals surface area (Å²) >= 11 is 1.62. The molecular formula is C11H15NO2S. The number of hydrogen-bond donors (Lipinski definition) is 1. The van der Waals surface area contributed by atoms with E-state index in [0.717, 1.165) is 5.69 Å². The molecule has 1 aromatic heterocycles. The number of carboxylic acids is 1. The molecule has 0 bridgehead atoms. The Balaban J connectivity index is 2.12. The molecule has 0 atom stereocenters. The number of hydrogen-bond acceptors (Lipinski definition) is 3. The van der Waals surface area contributed by atoms with Crippen LogP contribution in [0.4, 0.5) is 0 Å². The third-order valence-corrected chi connectivity index (χ3v) is 4.00. The van der Waals surface area contributed by atoms with Crippen molar-refractivity contribution in [1.29, 1.82) is 0 Å². The van der Waals surface area contributed by atoms with Crippen molar-refractivity contribution in [2.75, 3.05) is 0 Å². The van der Waals surface area contributed by atoms with Crippen molar-refractivity contribution in [1.82, 2.24) is 4.98 Å². The smallest absolute Gasteiger partial charge is 0.309 e. The van der Waals surface area contributed by atoms with Crippen molar-refractivity contribution >= 4 is 17.3 Å². The van der Waals surface area contributed by atoms with E-state index in [2.05, 4.69) is 4.98 Å². The number of aromatic nitrogens is 1. The van der Waals surface area contributed by atoms with Gasteiger partial charge in [0.15, 0.2) is 0 Å². The highest BCUT2D eigenvalue weighted by Gasteiger charge is 2.21. The van der Waals surface area contributed by atoms with Crippen LogP contribution in [0.15, 0.2) is 5.51 Å². The fourth-order valence-corrected chi connectivity index (χ4v) is 3.23. The lowest BCUT2D eigenvalue weighted by Gasteiger charge is -2.20. The van der Waals surface area contributed by atoms with Crippen LogP contribution in [-0.2, 0) is 11.2 Å². The van der Waals surface area contributed by atoms with Gasteiger partial charge < -0.3 is 5.11 Å². The maximum absolute atomic E-state index is 10.7. The summed E-state index contributed by atoms with van der Waals surface area (Å²) in [6, 6.07) is 0. The molecule has 0 spiro atoms. The second-order valence-electron chi connectivity index (χ2n) is 4.07. The average molecular weight is 225 g/mol. The first-order valence-electron chi connectivity index (χ1n) is 5.41. The largest absolute Gasteiger partial charge is 0.481 e. The highest BCUT2D eigenvalue weighted by Crippen LogP contribution is 2.36. The summed E-state index contributed by atoms with van der Waals surface area (Å²) in [6.45, 7) is 0. The van der Waals surface area contributed by atoms with Gasteiger partial charge in [-0.25, -0.2) is 4.98 Å². The highest BCUT2D eigenvalue weighted by atomic mass is 32.1. The highest BCUT2D eigenvalue weighted by molar-refractivity contribution is 7.09. The van der Waals surface area contributed by atoms with Crippen LogP contribution in [0.1, 0.15) is 48.6 Å². The number of nitrogens with zero attached hydrogens (tertiary/aromatic N) is 1. The van der Waals surface area contributed by atoms with Crippen LogP contribution in [0.2, 0.25) is 0 Å². The fourth-order valence-electron chi connectivity index (χ4n) is 2.25. The molecule has 0 radical (unpaired) electrons. The molecule has 1 N–H and O–H groups in total. The number of carbonyl (C=O) groups is 1. The molecule has 1 heterocycles. The number of thiazole rings is 1. The minimum absolute atomic E-state index is 0.0787. The zero-order chi connectivity index (χ0) is 10.7. The molecule has 1 aromatic rings. The predicted octanol–water partition coefficient (Wildman–Crippen LogP) is 2.82. The normalized spacial score (nSPS) is 17.9. The van der Waals surface area contributed by atoms with Gasteiger partial charge in [0, 0.05) is 4.88 Å². The van der Waals surface area contributed by atoms with Crippen LogP contribution in [-0.4, -0.2) is 16.1 Å². The molecule has 1 aliphatic carbocycles. The summed E-state index contributed by atoms with van der Waals surface area (Å²) in [4.78, 5) is 16.1. The molecule has 1 fully saturated rings. The van der Waals surface area contributed by atoms with Gasteiger partial charge >= 0.3 is 5.97 Å². The molecule has 2 rings (SSSR count). The summed E-state index contributed by atoms with van der Waals surface area (Å²) in [5, 5.41) is 8.77. The summed E-state index contributed by atoms with van der Waals surface area (Å²) in [6.07, 6.45) is 6.35. The van der Waals surface area contributed by atoms with Crippen molar-refractivity contribution in [2.24, 2.45) is 0 Å². The van der Waals surface area contributed by atoms with E-state index in [1.165, 1.54) is 37.0 Å². The average Bonchev–Trinajstić information content (AvgIpc) is 2.66. The molecule has 15 heavy (non-hydrogen) atoms. The first-order chi connectivity index (χ1) is 7.27. The Kier molecular flexibility index (Phi) is 3.36. The predicted molar refractivity (Wildman–Crippen MR) is 59.3 cm³/mol. The van der Waals surface area contributed by atoms with E-state index < -0.39 is 5.97 Å². The monoisotopic (exact) mass is 225 g/mol. The quantitative estimate of drug-likeness (QED) is 0.860. The molecule has 0 amide bonds. The molecule has 0 aromatic carbocycles. The molecule has 1 aliphatic rings. The van der Waals surface area contributed by atoms with E-state index in [-0.39, 0.29) is 6.42 Å². The Morgan fingerprint density at radius 1 is 1.47 bits per heavy atom. The topological polar surface area (TPSA) is 50.2 Å². The van der Waals surface area contributed by atoms with Gasteiger partial charge in [-0.1, -0.05) is 19.3 Å². The molecule has 0 saturated heterocycles. The van der Waals surface area contributed by atoms with Crippen LogP contribution < -0.4 is 0 Å². The Morgan fingerprint density at radius 3 is 2.87 bits per heavy atom. The van der Waals surface area contributed by atoms with Crippen LogP contribution in [0.25, 0.3) is 0 Å². The van der Waals surface area contributed by atoms with E-state index in [0.29, 0.717) is 5.92 Å². The summed E-state index contributed by atoms with van der Waals surface area (Å²) in [7, 11) is 0. The van der Waals surface area contributed by atoms with Gasteiger partial charge in [0.05, 0.1) is 17.6 Å². The van der Waals surface area contributed by atoms with E-state index in [4.69, 9.17) is 5.11 Å². The van der Waals surface area contributed by atoms with Crippen LogP contribution in [0, 0.1) is 0 Å². The van der Waals surface area contributed by atoms with E-state index >= 15 is 0 Å². The van der Waals surface area contributed by atoms with Crippen LogP contribution in [0.5, 0.6) is 0 Å². The van der Waals surface area contributed by atoms with Crippen molar-refractivity contribution in [3.05, 3.63) is 16.1 Å². The molecule has 0 aliphatic heterocycles. The van der Waals surface area contributed by atoms with Gasteiger partial charge in [-0.15, -0.1) is 11.3 Å². The van der Waals surface area contributed by atoms with Gasteiger partial charge in [0.25, 0.3) is 0 Å². The number of aliphatic carboxylic acids is 1. The molecule has 1 saturated carbocycles. The molecule has 82 valence electrons. The third kappa shape index (κ3) is 2.56. The third-order valence-electron chi connectivity index (χ3n) is 2.97. The lowest BCUT2D eigenvalue weighted by molar-refractivity contribution is -0.136. The Morgan fingerprint density at radius 2 is 2.20 bits per heavy atom. The van der Waals surface area contributed by atoms with Crippen LogP contribution in [0.3, 0.4) is 0 Å². The Labute approximate surface area is 93.2 Å². The van der Waals surface area contributed by atoms with Crippen molar-refractivity contribution in [3.8, 4) is 0 Å². The maximum Gasteiger partial charge on any atom is 0.309 e. The van der Waals surface area contributed by atoms with Gasteiger partial charge in [-0.05, 0) is 18.8 Å². The standard InChI is InChI=1S/C11H15NO2S/c13-10(14)6-9-11(15-7-12-9)8-4-2-1-3-5-8/h7-8H,1-6H2,(H,13,14). The Hall–Kier alpha value is -0.900. The minimum Gasteiger partial charge on any atom is -0.481 e. The van der Waals surface area contributed by atoms with Crippen molar-refractivity contribution in [3.63, 3.8) is 0 Å². The lowest BCUT2D eigenvalue weighted by atomic mass is 9.87. The molecular weight excluding hydrogens is 210 g/mol. The van der Waals surface area contributed by atoms with Gasteiger partial charge in [-0.2, -0.15) is 0 Å². The minimum atomic E-state index is -0.780. The van der Waals surface area contributed by atoms with E-state index in [1.807, 2.05) is 0 Å². The second-order valence-corrected chi connectivity index (χ2v) is 4.96. The van der Waals surface area contributed by atoms with E-state index in [1.54, 1.807) is 16.8 Å². The SMILES string of the molecule is O=C(O)Cc1ncsc1C1CCCCC1. The summed E-state index contributed by atoms with van der Waals surface area (Å²) in [5.41, 5.74) is 2.57. The summed E-state index contributed by atoms with van der Waals surface area (Å²) in [5.74, 6) is -0.210. The second kappa shape index (κ2) is 4.75. The van der Waals surface area contributed by atoms with Crippen LogP contribution >= 0.6 is 11.3 Å². The zero-order valence-corrected chi connectivity index (χ0v) is 9.42. The summed E-state index contributed by atoms with van der Waals surface area (Å²) < 4.78 is 0. The van der Waals surface area contributed by atoms with Crippen molar-refractivity contribution < 1.29 is 9.90 Å². The molecule has 4 heteroatoms. The number of carboxylic acid groups (broad SMARTS) is 1. The lowest BCUT2D eigenvalue weighted by Crippen LogP contribution is -2.08. The zero-order valence-electron chi connectivity index (χ0n) is 8.61.